The van der Waals surface area contributed by atoms with E-state index < -0.39 is 0 Å². The number of hydrogen-bond donors (Lipinski definition) is 1. The van der Waals surface area contributed by atoms with E-state index in [4.69, 9.17) is 4.74 Å². The zero-order valence-corrected chi connectivity index (χ0v) is 8.29. The molecule has 0 fully saturated rings. The smallest absolute Gasteiger partial charge is 0.163 e. The third-order valence-electron chi connectivity index (χ3n) is 1.83. The van der Waals surface area contributed by atoms with Gasteiger partial charge in [-0.2, -0.15) is 0 Å². The highest BCUT2D eigenvalue weighted by Gasteiger charge is 2.08. The zero-order valence-electron chi connectivity index (χ0n) is 8.29. The average Bonchev–Trinajstić information content (AvgIpc) is 2.18. The minimum atomic E-state index is 0.707. The Balaban J connectivity index is 3.03. The van der Waals surface area contributed by atoms with Gasteiger partial charge in [0.2, 0.25) is 0 Å². The van der Waals surface area contributed by atoms with Crippen LogP contribution in [0, 0.1) is 0 Å². The van der Waals surface area contributed by atoms with Crippen LogP contribution in [-0.2, 0) is 13.0 Å². The van der Waals surface area contributed by atoms with Gasteiger partial charge < -0.3 is 10.1 Å². The van der Waals surface area contributed by atoms with Crippen LogP contribution >= 0.6 is 0 Å². The maximum Gasteiger partial charge on any atom is 0.163 e. The van der Waals surface area contributed by atoms with E-state index in [1.165, 1.54) is 0 Å². The number of nitrogens with one attached hydrogen (secondary N) is 1. The third-order valence-corrected chi connectivity index (χ3v) is 1.83. The summed E-state index contributed by atoms with van der Waals surface area (Å²) in [6.45, 7) is 2.76. The Morgan fingerprint density at radius 1 is 1.38 bits per heavy atom. The van der Waals surface area contributed by atoms with Gasteiger partial charge >= 0.3 is 0 Å². The molecule has 72 valence electrons. The summed E-state index contributed by atoms with van der Waals surface area (Å²) in [6, 6.07) is 0. The topological polar surface area (TPSA) is 47.0 Å². The van der Waals surface area contributed by atoms with Crippen LogP contribution in [0.1, 0.15) is 18.3 Å². The van der Waals surface area contributed by atoms with Crippen LogP contribution in [0.2, 0.25) is 0 Å². The maximum atomic E-state index is 5.25. The molecule has 1 rings (SSSR count). The molecule has 0 atom stereocenters. The highest BCUT2D eigenvalue weighted by molar-refractivity contribution is 5.31. The third kappa shape index (κ3) is 2.15. The fourth-order valence-corrected chi connectivity index (χ4v) is 1.23. The Labute approximate surface area is 78.4 Å². The Bertz CT molecular complexity index is 276. The zero-order chi connectivity index (χ0) is 9.68. The molecule has 0 spiro atoms. The summed E-state index contributed by atoms with van der Waals surface area (Å²) in [5.74, 6) is 0.805. The molecule has 0 aliphatic carbocycles. The van der Waals surface area contributed by atoms with Crippen molar-refractivity contribution >= 4 is 0 Å². The first-order valence-corrected chi connectivity index (χ1v) is 4.34. The summed E-state index contributed by atoms with van der Waals surface area (Å²) >= 11 is 0. The summed E-state index contributed by atoms with van der Waals surface area (Å²) in [7, 11) is 3.53. The van der Waals surface area contributed by atoms with Gasteiger partial charge in [-0.1, -0.05) is 6.92 Å². The molecule has 0 bridgehead atoms. The van der Waals surface area contributed by atoms with Crippen molar-refractivity contribution in [2.45, 2.75) is 19.9 Å². The van der Waals surface area contributed by atoms with Gasteiger partial charge in [0.25, 0.3) is 0 Å². The van der Waals surface area contributed by atoms with Gasteiger partial charge in [-0.3, -0.25) is 0 Å². The molecule has 0 radical (unpaired) electrons. The molecule has 1 aromatic rings. The number of aromatic nitrogens is 2. The standard InChI is InChI=1S/C9H15N3O/c1-4-7-9(13-3)8(5-10-2)12-6-11-7/h6,10H,4-5H2,1-3H3. The van der Waals surface area contributed by atoms with Crippen LogP contribution in [0.15, 0.2) is 6.33 Å². The van der Waals surface area contributed by atoms with Crippen molar-refractivity contribution in [3.05, 3.63) is 17.7 Å². The van der Waals surface area contributed by atoms with Crippen molar-refractivity contribution < 1.29 is 4.74 Å². The first-order valence-electron chi connectivity index (χ1n) is 4.34. The molecule has 1 N–H and O–H groups in total. The lowest BCUT2D eigenvalue weighted by atomic mass is 10.2. The molecule has 0 saturated carbocycles. The van der Waals surface area contributed by atoms with Crippen LogP contribution in [0.3, 0.4) is 0 Å². The highest BCUT2D eigenvalue weighted by Crippen LogP contribution is 2.19. The molecule has 4 nitrogen and oxygen atoms in total. The normalized spacial score (nSPS) is 10.1. The van der Waals surface area contributed by atoms with Gasteiger partial charge in [0.1, 0.15) is 6.33 Å². The van der Waals surface area contributed by atoms with Gasteiger partial charge in [0.15, 0.2) is 5.75 Å². The summed E-state index contributed by atoms with van der Waals surface area (Å²) in [4.78, 5) is 8.30. The van der Waals surface area contributed by atoms with Gasteiger partial charge in [-0.15, -0.1) is 0 Å². The Hall–Kier alpha value is -1.16. The lowest BCUT2D eigenvalue weighted by molar-refractivity contribution is 0.397. The molecule has 1 aromatic heterocycles. The molecule has 0 aromatic carbocycles. The quantitative estimate of drug-likeness (QED) is 0.745. The minimum Gasteiger partial charge on any atom is -0.493 e. The number of hydrogen-bond acceptors (Lipinski definition) is 4. The van der Waals surface area contributed by atoms with Gasteiger partial charge in [-0.25, -0.2) is 9.97 Å². The van der Waals surface area contributed by atoms with Crippen LogP contribution < -0.4 is 10.1 Å². The molecule has 1 heterocycles. The van der Waals surface area contributed by atoms with E-state index in [0.717, 1.165) is 23.6 Å². The lowest BCUT2D eigenvalue weighted by Gasteiger charge is -2.09. The molecular formula is C9H15N3O. The molecule has 0 aliphatic heterocycles. The summed E-state index contributed by atoms with van der Waals surface area (Å²) in [5, 5.41) is 3.04. The van der Waals surface area contributed by atoms with Gasteiger partial charge in [0.05, 0.1) is 18.5 Å². The van der Waals surface area contributed by atoms with E-state index in [1.807, 2.05) is 14.0 Å². The van der Waals surface area contributed by atoms with E-state index in [1.54, 1.807) is 13.4 Å². The van der Waals surface area contributed by atoms with Crippen molar-refractivity contribution in [1.29, 1.82) is 0 Å². The van der Waals surface area contributed by atoms with E-state index in [0.29, 0.717) is 6.54 Å². The number of aryl methyl sites for hydroxylation is 1. The van der Waals surface area contributed by atoms with E-state index >= 15 is 0 Å². The first kappa shape index (κ1) is 9.92. The Kier molecular flexibility index (Phi) is 3.64. The molecule has 4 heteroatoms. The molecule has 0 amide bonds. The second-order valence-corrected chi connectivity index (χ2v) is 2.68. The van der Waals surface area contributed by atoms with Crippen molar-refractivity contribution in [1.82, 2.24) is 15.3 Å². The van der Waals surface area contributed by atoms with Crippen molar-refractivity contribution in [2.24, 2.45) is 0 Å². The second kappa shape index (κ2) is 4.77. The fourth-order valence-electron chi connectivity index (χ4n) is 1.23. The summed E-state index contributed by atoms with van der Waals surface area (Å²) in [6.07, 6.45) is 2.44. The summed E-state index contributed by atoms with van der Waals surface area (Å²) in [5.41, 5.74) is 1.87. The van der Waals surface area contributed by atoms with Crippen molar-refractivity contribution in [2.75, 3.05) is 14.2 Å². The molecule has 13 heavy (non-hydrogen) atoms. The molecule has 0 aliphatic rings. The van der Waals surface area contributed by atoms with Crippen LogP contribution in [-0.4, -0.2) is 24.1 Å². The number of rotatable bonds is 4. The molecule has 0 unspecified atom stereocenters. The predicted octanol–water partition coefficient (Wildman–Crippen LogP) is 0.767. The number of nitrogens with zero attached hydrogens (tertiary/aromatic N) is 2. The average molecular weight is 181 g/mol. The fraction of sp³-hybridized carbons (Fsp3) is 0.556. The number of ether oxygens (including phenoxy) is 1. The Morgan fingerprint density at radius 2 is 2.08 bits per heavy atom. The Morgan fingerprint density at radius 3 is 2.62 bits per heavy atom. The van der Waals surface area contributed by atoms with Gasteiger partial charge in [0, 0.05) is 6.54 Å². The highest BCUT2D eigenvalue weighted by atomic mass is 16.5. The second-order valence-electron chi connectivity index (χ2n) is 2.68. The van der Waals surface area contributed by atoms with E-state index in [-0.39, 0.29) is 0 Å². The maximum absolute atomic E-state index is 5.25. The SMILES string of the molecule is CCc1ncnc(CNC)c1OC. The minimum absolute atomic E-state index is 0.707. The van der Waals surface area contributed by atoms with E-state index in [9.17, 15) is 0 Å². The molecular weight excluding hydrogens is 166 g/mol. The van der Waals surface area contributed by atoms with Gasteiger partial charge in [-0.05, 0) is 13.5 Å². The van der Waals surface area contributed by atoms with E-state index in [2.05, 4.69) is 15.3 Å². The van der Waals surface area contributed by atoms with Crippen LogP contribution in [0.5, 0.6) is 5.75 Å². The molecule has 0 saturated heterocycles. The van der Waals surface area contributed by atoms with Crippen LogP contribution in [0.4, 0.5) is 0 Å². The van der Waals surface area contributed by atoms with Crippen LogP contribution in [0.25, 0.3) is 0 Å². The monoisotopic (exact) mass is 181 g/mol. The predicted molar refractivity (Wildman–Crippen MR) is 50.7 cm³/mol. The summed E-state index contributed by atoms with van der Waals surface area (Å²) < 4.78 is 5.25. The van der Waals surface area contributed by atoms with Crippen molar-refractivity contribution in [3.63, 3.8) is 0 Å². The lowest BCUT2D eigenvalue weighted by Crippen LogP contribution is -2.10. The van der Waals surface area contributed by atoms with Crippen molar-refractivity contribution in [3.8, 4) is 5.75 Å². The first-order chi connectivity index (χ1) is 6.33. The number of methoxy groups -OCH3 is 1. The largest absolute Gasteiger partial charge is 0.493 e.